The number of nitrogens with zero attached hydrogens (tertiary/aromatic N) is 1. The van der Waals surface area contributed by atoms with Gasteiger partial charge in [-0.15, -0.1) is 11.3 Å². The van der Waals surface area contributed by atoms with Gasteiger partial charge in [0, 0.05) is 23.2 Å². The van der Waals surface area contributed by atoms with Gasteiger partial charge < -0.3 is 10.6 Å². The molecular formula is C17H21BrN2S. The van der Waals surface area contributed by atoms with E-state index >= 15 is 0 Å². The number of hydrogen-bond donors (Lipinski definition) is 1. The number of thiophene rings is 1. The van der Waals surface area contributed by atoms with Gasteiger partial charge in [-0.3, -0.25) is 0 Å². The van der Waals surface area contributed by atoms with Crippen LogP contribution in [0.1, 0.15) is 36.2 Å². The summed E-state index contributed by atoms with van der Waals surface area (Å²) in [7, 11) is 0. The number of aryl methyl sites for hydroxylation is 1. The molecule has 4 heteroatoms. The number of rotatable bonds is 4. The van der Waals surface area contributed by atoms with Crippen molar-refractivity contribution in [2.24, 2.45) is 5.73 Å². The van der Waals surface area contributed by atoms with Crippen LogP contribution in [0.2, 0.25) is 0 Å². The second kappa shape index (κ2) is 6.51. The Morgan fingerprint density at radius 2 is 2.10 bits per heavy atom. The van der Waals surface area contributed by atoms with Crippen LogP contribution in [0.5, 0.6) is 0 Å². The number of benzene rings is 1. The van der Waals surface area contributed by atoms with E-state index in [9.17, 15) is 0 Å². The molecule has 2 unspecified atom stereocenters. The van der Waals surface area contributed by atoms with Gasteiger partial charge in [-0.05, 0) is 59.0 Å². The fourth-order valence-electron chi connectivity index (χ4n) is 3.16. The lowest BCUT2D eigenvalue weighted by molar-refractivity contribution is 0.481. The molecule has 0 saturated carbocycles. The van der Waals surface area contributed by atoms with E-state index in [2.05, 4.69) is 64.2 Å². The van der Waals surface area contributed by atoms with E-state index in [-0.39, 0.29) is 12.1 Å². The van der Waals surface area contributed by atoms with Gasteiger partial charge in [0.15, 0.2) is 0 Å². The first-order valence-corrected chi connectivity index (χ1v) is 9.17. The van der Waals surface area contributed by atoms with Crippen molar-refractivity contribution >= 4 is 33.0 Å². The van der Waals surface area contributed by atoms with Gasteiger partial charge in [-0.25, -0.2) is 0 Å². The molecule has 2 aromatic rings. The van der Waals surface area contributed by atoms with Crippen LogP contribution in [0.4, 0.5) is 5.69 Å². The molecule has 0 bridgehead atoms. The minimum atomic E-state index is 0.154. The lowest BCUT2D eigenvalue weighted by atomic mass is 9.96. The highest BCUT2D eigenvalue weighted by Gasteiger charge is 2.30. The van der Waals surface area contributed by atoms with Gasteiger partial charge in [0.05, 0.1) is 9.83 Å². The fourth-order valence-corrected chi connectivity index (χ4v) is 4.77. The van der Waals surface area contributed by atoms with Crippen molar-refractivity contribution in [2.75, 3.05) is 11.4 Å². The minimum Gasteiger partial charge on any atom is -0.362 e. The van der Waals surface area contributed by atoms with Gasteiger partial charge in [-0.1, -0.05) is 25.1 Å². The Hall–Kier alpha value is -0.840. The molecule has 0 fully saturated rings. The van der Waals surface area contributed by atoms with Crippen molar-refractivity contribution < 1.29 is 0 Å². The molecule has 2 nitrogen and oxygen atoms in total. The molecule has 1 aromatic carbocycles. The van der Waals surface area contributed by atoms with Gasteiger partial charge >= 0.3 is 0 Å². The average Bonchev–Trinajstić information content (AvgIpc) is 2.93. The topological polar surface area (TPSA) is 29.3 Å². The summed E-state index contributed by atoms with van der Waals surface area (Å²) in [4.78, 5) is 3.87. The molecule has 2 N–H and O–H groups in total. The van der Waals surface area contributed by atoms with E-state index in [1.165, 1.54) is 32.8 Å². The van der Waals surface area contributed by atoms with Crippen LogP contribution < -0.4 is 10.6 Å². The van der Waals surface area contributed by atoms with Crippen LogP contribution in [-0.4, -0.2) is 12.6 Å². The number of hydrogen-bond acceptors (Lipinski definition) is 3. The maximum atomic E-state index is 6.50. The van der Waals surface area contributed by atoms with Crippen molar-refractivity contribution in [3.05, 3.63) is 50.6 Å². The largest absolute Gasteiger partial charge is 0.362 e. The van der Waals surface area contributed by atoms with Crippen molar-refractivity contribution in [3.63, 3.8) is 0 Å². The summed E-state index contributed by atoms with van der Waals surface area (Å²) < 4.78 is 1.18. The standard InChI is InChI=1S/C17H21BrN2S/c1-2-13(19)17(15-9-10-16(18)21-15)20-11-5-7-12-6-3-4-8-14(12)20/h3-4,6,8-10,13,17H,2,5,7,11,19H2,1H3. The molecule has 21 heavy (non-hydrogen) atoms. The van der Waals surface area contributed by atoms with Gasteiger partial charge in [0.1, 0.15) is 0 Å². The maximum Gasteiger partial charge on any atom is 0.0786 e. The average molecular weight is 365 g/mol. The Kier molecular flexibility index (Phi) is 4.67. The number of para-hydroxylation sites is 1. The Morgan fingerprint density at radius 1 is 1.29 bits per heavy atom. The van der Waals surface area contributed by atoms with Gasteiger partial charge in [0.25, 0.3) is 0 Å². The molecule has 2 atom stereocenters. The summed E-state index contributed by atoms with van der Waals surface area (Å²) in [5, 5.41) is 0. The third kappa shape index (κ3) is 3.03. The summed E-state index contributed by atoms with van der Waals surface area (Å²) in [6.07, 6.45) is 3.37. The molecule has 112 valence electrons. The second-order valence-corrected chi connectivity index (χ2v) is 8.08. The van der Waals surface area contributed by atoms with Gasteiger partial charge in [-0.2, -0.15) is 0 Å². The number of halogens is 1. The molecule has 3 rings (SSSR count). The Balaban J connectivity index is 2.02. The summed E-state index contributed by atoms with van der Waals surface area (Å²) in [5.74, 6) is 0. The lowest BCUT2D eigenvalue weighted by Crippen LogP contribution is -2.43. The van der Waals surface area contributed by atoms with E-state index in [1.807, 2.05) is 0 Å². The Morgan fingerprint density at radius 3 is 2.81 bits per heavy atom. The van der Waals surface area contributed by atoms with Crippen LogP contribution in [-0.2, 0) is 6.42 Å². The van der Waals surface area contributed by atoms with Crippen molar-refractivity contribution in [1.29, 1.82) is 0 Å². The monoisotopic (exact) mass is 364 g/mol. The van der Waals surface area contributed by atoms with E-state index in [0.29, 0.717) is 0 Å². The van der Waals surface area contributed by atoms with Gasteiger partial charge in [0.2, 0.25) is 0 Å². The maximum absolute atomic E-state index is 6.50. The van der Waals surface area contributed by atoms with E-state index in [0.717, 1.165) is 13.0 Å². The molecule has 0 aliphatic carbocycles. The molecule has 1 aliphatic rings. The molecule has 0 amide bonds. The Bertz CT molecular complexity index is 610. The predicted octanol–water partition coefficient (Wildman–Crippen LogP) is 4.74. The normalized spacial score (nSPS) is 17.4. The number of nitrogens with two attached hydrogens (primary N) is 1. The van der Waals surface area contributed by atoms with Crippen molar-refractivity contribution in [3.8, 4) is 0 Å². The summed E-state index contributed by atoms with van der Waals surface area (Å²) in [6, 6.07) is 13.5. The van der Waals surface area contributed by atoms with E-state index < -0.39 is 0 Å². The second-order valence-electron chi connectivity index (χ2n) is 5.58. The highest BCUT2D eigenvalue weighted by molar-refractivity contribution is 9.11. The van der Waals surface area contributed by atoms with E-state index in [1.54, 1.807) is 11.3 Å². The van der Waals surface area contributed by atoms with Crippen molar-refractivity contribution in [2.45, 2.75) is 38.3 Å². The highest BCUT2D eigenvalue weighted by atomic mass is 79.9. The molecule has 0 saturated heterocycles. The predicted molar refractivity (Wildman–Crippen MR) is 95.1 cm³/mol. The van der Waals surface area contributed by atoms with Crippen LogP contribution >= 0.6 is 27.3 Å². The summed E-state index contributed by atoms with van der Waals surface area (Å²) >= 11 is 5.39. The Labute approximate surface area is 139 Å². The molecule has 2 heterocycles. The number of fused-ring (bicyclic) bond motifs is 1. The van der Waals surface area contributed by atoms with Crippen LogP contribution in [0.15, 0.2) is 40.2 Å². The third-order valence-electron chi connectivity index (χ3n) is 4.24. The smallest absolute Gasteiger partial charge is 0.0786 e. The zero-order valence-corrected chi connectivity index (χ0v) is 14.7. The third-order valence-corrected chi connectivity index (χ3v) is 5.94. The van der Waals surface area contributed by atoms with Crippen LogP contribution in [0, 0.1) is 0 Å². The van der Waals surface area contributed by atoms with E-state index in [4.69, 9.17) is 5.73 Å². The lowest BCUT2D eigenvalue weighted by Gasteiger charge is -2.40. The first-order chi connectivity index (χ1) is 10.2. The minimum absolute atomic E-state index is 0.154. The summed E-state index contributed by atoms with van der Waals surface area (Å²) in [6.45, 7) is 3.26. The SMILES string of the molecule is CCC(N)C(c1ccc(Br)s1)N1CCCc2ccccc21. The zero-order chi connectivity index (χ0) is 14.8. The highest BCUT2D eigenvalue weighted by Crippen LogP contribution is 2.39. The molecule has 0 radical (unpaired) electrons. The first kappa shape index (κ1) is 15.1. The van der Waals surface area contributed by atoms with Crippen LogP contribution in [0.25, 0.3) is 0 Å². The van der Waals surface area contributed by atoms with Crippen molar-refractivity contribution in [1.82, 2.24) is 0 Å². The summed E-state index contributed by atoms with van der Waals surface area (Å²) in [5.41, 5.74) is 9.31. The van der Waals surface area contributed by atoms with Crippen LogP contribution in [0.3, 0.4) is 0 Å². The zero-order valence-electron chi connectivity index (χ0n) is 12.3. The molecule has 1 aliphatic heterocycles. The number of anilines is 1. The molecular weight excluding hydrogens is 344 g/mol. The molecule has 0 spiro atoms. The fraction of sp³-hybridized carbons (Fsp3) is 0.412. The first-order valence-electron chi connectivity index (χ1n) is 7.56. The molecule has 1 aromatic heterocycles. The quantitative estimate of drug-likeness (QED) is 0.848.